The summed E-state index contributed by atoms with van der Waals surface area (Å²) in [6.45, 7) is 5.87. The second-order valence-corrected chi connectivity index (χ2v) is 5.20. The van der Waals surface area contributed by atoms with Crippen LogP contribution in [0.4, 0.5) is 0 Å². The van der Waals surface area contributed by atoms with Crippen molar-refractivity contribution in [2.45, 2.75) is 39.2 Å². The molecule has 1 aromatic carbocycles. The lowest BCUT2D eigenvalue weighted by atomic mass is 10.0. The van der Waals surface area contributed by atoms with Crippen LogP contribution in [0.15, 0.2) is 24.3 Å². The van der Waals surface area contributed by atoms with Gasteiger partial charge in [-0.15, -0.1) is 0 Å². The van der Waals surface area contributed by atoms with Gasteiger partial charge in [0.2, 0.25) is 0 Å². The summed E-state index contributed by atoms with van der Waals surface area (Å²) in [4.78, 5) is 13.0. The molecule has 1 aliphatic heterocycles. The summed E-state index contributed by atoms with van der Waals surface area (Å²) < 4.78 is 10.7. The van der Waals surface area contributed by atoms with Crippen molar-refractivity contribution < 1.29 is 14.3 Å². The maximum Gasteiger partial charge on any atom is 0.302 e. The molecule has 0 amide bonds. The highest BCUT2D eigenvalue weighted by molar-refractivity contribution is 5.65. The average molecular weight is 277 g/mol. The molecule has 0 bridgehead atoms. The quantitative estimate of drug-likeness (QED) is 0.591. The van der Waals surface area contributed by atoms with Gasteiger partial charge in [-0.1, -0.05) is 18.2 Å². The molecule has 4 heteroatoms. The van der Waals surface area contributed by atoms with Gasteiger partial charge in [-0.3, -0.25) is 9.69 Å². The number of ether oxygens (including phenoxy) is 2. The highest BCUT2D eigenvalue weighted by Crippen LogP contribution is 2.33. The zero-order chi connectivity index (χ0) is 14.4. The fourth-order valence-electron chi connectivity index (χ4n) is 2.49. The van der Waals surface area contributed by atoms with E-state index in [4.69, 9.17) is 9.47 Å². The van der Waals surface area contributed by atoms with Crippen molar-refractivity contribution in [3.05, 3.63) is 29.8 Å². The van der Waals surface area contributed by atoms with Crippen LogP contribution in [0.25, 0.3) is 0 Å². The lowest BCUT2D eigenvalue weighted by Crippen LogP contribution is -2.35. The molecule has 1 atom stereocenters. The minimum atomic E-state index is -0.195. The van der Waals surface area contributed by atoms with Gasteiger partial charge in [0.15, 0.2) is 0 Å². The molecule has 4 nitrogen and oxygen atoms in total. The van der Waals surface area contributed by atoms with Crippen molar-refractivity contribution in [2.24, 2.45) is 0 Å². The molecule has 0 fully saturated rings. The Morgan fingerprint density at radius 1 is 1.35 bits per heavy atom. The Kier molecular flexibility index (Phi) is 5.41. The van der Waals surface area contributed by atoms with Crippen LogP contribution in [0.3, 0.4) is 0 Å². The van der Waals surface area contributed by atoms with Crippen molar-refractivity contribution in [3.63, 3.8) is 0 Å². The molecule has 0 N–H and O–H groups in total. The second kappa shape index (κ2) is 7.29. The third-order valence-corrected chi connectivity index (χ3v) is 3.70. The van der Waals surface area contributed by atoms with E-state index in [1.807, 2.05) is 12.1 Å². The van der Waals surface area contributed by atoms with Crippen LogP contribution in [-0.2, 0) is 9.53 Å². The van der Waals surface area contributed by atoms with Gasteiger partial charge in [0.25, 0.3) is 0 Å². The zero-order valence-corrected chi connectivity index (χ0v) is 12.3. The van der Waals surface area contributed by atoms with E-state index in [-0.39, 0.29) is 5.97 Å². The fraction of sp³-hybridized carbons (Fsp3) is 0.562. The molecular weight excluding hydrogens is 254 g/mol. The number of carbonyl (C=O) groups is 1. The Hall–Kier alpha value is -1.55. The number of hydrogen-bond acceptors (Lipinski definition) is 4. The summed E-state index contributed by atoms with van der Waals surface area (Å²) in [6.07, 6.45) is 3.09. The van der Waals surface area contributed by atoms with Gasteiger partial charge in [-0.2, -0.15) is 0 Å². The molecule has 0 aromatic heterocycles. The van der Waals surface area contributed by atoms with Gasteiger partial charge in [0.1, 0.15) is 12.5 Å². The summed E-state index contributed by atoms with van der Waals surface area (Å²) >= 11 is 0. The number of hydrogen-bond donors (Lipinski definition) is 0. The predicted octanol–water partition coefficient (Wildman–Crippen LogP) is 3.13. The molecule has 0 spiro atoms. The van der Waals surface area contributed by atoms with Crippen molar-refractivity contribution in [1.82, 2.24) is 4.90 Å². The van der Waals surface area contributed by atoms with Gasteiger partial charge in [0, 0.05) is 25.1 Å². The standard InChI is InChI=1S/C16H23NO3/c1-13-15-8-4-5-9-16(15)20-12-17(13)10-6-3-7-11-19-14(2)18/h4-5,8-9,13H,3,6-7,10-12H2,1-2H3. The molecule has 20 heavy (non-hydrogen) atoms. The first-order chi connectivity index (χ1) is 9.68. The molecule has 1 aromatic rings. The third-order valence-electron chi connectivity index (χ3n) is 3.70. The number of unbranched alkanes of at least 4 members (excludes halogenated alkanes) is 2. The summed E-state index contributed by atoms with van der Waals surface area (Å²) in [5.74, 6) is 0.811. The van der Waals surface area contributed by atoms with Crippen LogP contribution in [0.2, 0.25) is 0 Å². The molecule has 0 aliphatic carbocycles. The average Bonchev–Trinajstić information content (AvgIpc) is 2.45. The van der Waals surface area contributed by atoms with Gasteiger partial charge >= 0.3 is 5.97 Å². The summed E-state index contributed by atoms with van der Waals surface area (Å²) in [5.41, 5.74) is 1.26. The van der Waals surface area contributed by atoms with Crippen molar-refractivity contribution in [1.29, 1.82) is 0 Å². The van der Waals surface area contributed by atoms with E-state index in [9.17, 15) is 4.79 Å². The minimum Gasteiger partial charge on any atom is -0.478 e. The highest BCUT2D eigenvalue weighted by Gasteiger charge is 2.23. The van der Waals surface area contributed by atoms with Gasteiger partial charge in [-0.05, 0) is 32.3 Å². The van der Waals surface area contributed by atoms with Crippen LogP contribution in [-0.4, -0.2) is 30.8 Å². The smallest absolute Gasteiger partial charge is 0.302 e. The lowest BCUT2D eigenvalue weighted by molar-refractivity contribution is -0.141. The molecule has 0 radical (unpaired) electrons. The van der Waals surface area contributed by atoms with Gasteiger partial charge in [0.05, 0.1) is 6.61 Å². The number of fused-ring (bicyclic) bond motifs is 1. The first-order valence-electron chi connectivity index (χ1n) is 7.27. The maximum atomic E-state index is 10.6. The van der Waals surface area contributed by atoms with E-state index < -0.39 is 0 Å². The van der Waals surface area contributed by atoms with Crippen LogP contribution in [0.1, 0.15) is 44.7 Å². The molecule has 0 saturated heterocycles. The summed E-state index contributed by atoms with van der Waals surface area (Å²) in [7, 11) is 0. The molecule has 1 aliphatic rings. The number of nitrogens with zero attached hydrogens (tertiary/aromatic N) is 1. The fourth-order valence-corrected chi connectivity index (χ4v) is 2.49. The normalized spacial score (nSPS) is 18.2. The second-order valence-electron chi connectivity index (χ2n) is 5.20. The Balaban J connectivity index is 1.71. The Labute approximate surface area is 120 Å². The van der Waals surface area contributed by atoms with E-state index in [0.717, 1.165) is 31.6 Å². The number of para-hydroxylation sites is 1. The number of esters is 1. The first kappa shape index (κ1) is 14.9. The van der Waals surface area contributed by atoms with Crippen molar-refractivity contribution in [3.8, 4) is 5.75 Å². The lowest BCUT2D eigenvalue weighted by Gasteiger charge is -2.34. The monoisotopic (exact) mass is 277 g/mol. The van der Waals surface area contributed by atoms with Crippen LogP contribution < -0.4 is 4.74 Å². The molecule has 110 valence electrons. The Bertz CT molecular complexity index is 447. The van der Waals surface area contributed by atoms with E-state index in [1.165, 1.54) is 12.5 Å². The van der Waals surface area contributed by atoms with Crippen LogP contribution in [0.5, 0.6) is 5.75 Å². The molecule has 2 rings (SSSR count). The van der Waals surface area contributed by atoms with E-state index in [1.54, 1.807) is 0 Å². The van der Waals surface area contributed by atoms with Crippen LogP contribution >= 0.6 is 0 Å². The molecule has 0 saturated carbocycles. The van der Waals surface area contributed by atoms with E-state index in [2.05, 4.69) is 24.0 Å². The van der Waals surface area contributed by atoms with Crippen molar-refractivity contribution in [2.75, 3.05) is 19.9 Å². The highest BCUT2D eigenvalue weighted by atomic mass is 16.5. The number of carbonyl (C=O) groups excluding carboxylic acids is 1. The van der Waals surface area contributed by atoms with Crippen LogP contribution in [0, 0.1) is 0 Å². The van der Waals surface area contributed by atoms with Gasteiger partial charge in [-0.25, -0.2) is 0 Å². The predicted molar refractivity (Wildman–Crippen MR) is 77.5 cm³/mol. The maximum absolute atomic E-state index is 10.6. The Morgan fingerprint density at radius 3 is 2.95 bits per heavy atom. The Morgan fingerprint density at radius 2 is 2.15 bits per heavy atom. The van der Waals surface area contributed by atoms with Crippen molar-refractivity contribution >= 4 is 5.97 Å². The summed E-state index contributed by atoms with van der Waals surface area (Å²) in [6, 6.07) is 8.63. The van der Waals surface area contributed by atoms with Gasteiger partial charge < -0.3 is 9.47 Å². The summed E-state index contributed by atoms with van der Waals surface area (Å²) in [5, 5.41) is 0. The largest absolute Gasteiger partial charge is 0.478 e. The SMILES string of the molecule is CC(=O)OCCCCCN1COc2ccccc2C1C. The first-order valence-corrected chi connectivity index (χ1v) is 7.27. The van der Waals surface area contributed by atoms with E-state index in [0.29, 0.717) is 19.4 Å². The molecule has 1 unspecified atom stereocenters. The third kappa shape index (κ3) is 3.97. The molecule has 1 heterocycles. The minimum absolute atomic E-state index is 0.195. The number of benzene rings is 1. The zero-order valence-electron chi connectivity index (χ0n) is 12.3. The molecular formula is C16H23NO3. The number of rotatable bonds is 6. The topological polar surface area (TPSA) is 38.8 Å². The van der Waals surface area contributed by atoms with E-state index >= 15 is 0 Å².